The maximum absolute atomic E-state index is 12.0. The molecular formula is C19H28N4O2. The van der Waals surface area contributed by atoms with E-state index in [4.69, 9.17) is 0 Å². The predicted octanol–water partition coefficient (Wildman–Crippen LogP) is 1.36. The highest BCUT2D eigenvalue weighted by molar-refractivity contribution is 5.74. The molecule has 3 aliphatic rings. The van der Waals surface area contributed by atoms with Crippen LogP contribution in [0.3, 0.4) is 0 Å². The maximum Gasteiger partial charge on any atom is 0.317 e. The highest BCUT2D eigenvalue weighted by atomic mass is 16.3. The normalized spacial score (nSPS) is 28.6. The Morgan fingerprint density at radius 1 is 1.04 bits per heavy atom. The average Bonchev–Trinajstić information content (AvgIpc) is 3.29. The summed E-state index contributed by atoms with van der Waals surface area (Å²) in [4.78, 5) is 18.7. The number of rotatable bonds is 3. The van der Waals surface area contributed by atoms with Crippen molar-refractivity contribution in [2.45, 2.75) is 19.4 Å². The van der Waals surface area contributed by atoms with Crippen LogP contribution in [0.4, 0.5) is 16.2 Å². The predicted molar refractivity (Wildman–Crippen MR) is 99.1 cm³/mol. The van der Waals surface area contributed by atoms with Gasteiger partial charge in [-0.3, -0.25) is 0 Å². The molecule has 0 aliphatic carbocycles. The van der Waals surface area contributed by atoms with E-state index in [1.54, 1.807) is 0 Å². The van der Waals surface area contributed by atoms with E-state index in [9.17, 15) is 9.90 Å². The molecule has 3 atom stereocenters. The minimum atomic E-state index is -0.189. The van der Waals surface area contributed by atoms with E-state index in [1.807, 2.05) is 11.8 Å². The summed E-state index contributed by atoms with van der Waals surface area (Å²) in [6, 6.07) is 8.82. The van der Waals surface area contributed by atoms with E-state index < -0.39 is 0 Å². The third-order valence-electron chi connectivity index (χ3n) is 5.84. The number of amides is 2. The van der Waals surface area contributed by atoms with Crippen LogP contribution in [0.2, 0.25) is 0 Å². The minimum Gasteiger partial charge on any atom is -0.391 e. The van der Waals surface area contributed by atoms with Gasteiger partial charge in [0.05, 0.1) is 6.10 Å². The van der Waals surface area contributed by atoms with Gasteiger partial charge in [-0.05, 0) is 37.6 Å². The smallest absolute Gasteiger partial charge is 0.317 e. The van der Waals surface area contributed by atoms with Crippen molar-refractivity contribution in [1.82, 2.24) is 10.2 Å². The number of hydrogen-bond donors (Lipinski definition) is 2. The molecule has 3 fully saturated rings. The lowest BCUT2D eigenvalue weighted by Gasteiger charge is -2.24. The van der Waals surface area contributed by atoms with Crippen LogP contribution in [-0.4, -0.2) is 68.0 Å². The average molecular weight is 344 g/mol. The Hall–Kier alpha value is -1.95. The van der Waals surface area contributed by atoms with Crippen molar-refractivity contribution in [3.8, 4) is 0 Å². The molecule has 0 aromatic heterocycles. The van der Waals surface area contributed by atoms with Gasteiger partial charge in [0.1, 0.15) is 0 Å². The molecule has 4 rings (SSSR count). The van der Waals surface area contributed by atoms with Crippen molar-refractivity contribution in [2.75, 3.05) is 55.6 Å². The number of carbonyl (C=O) groups is 1. The summed E-state index contributed by atoms with van der Waals surface area (Å²) in [5.74, 6) is 1.16. The number of nitrogens with one attached hydrogen (secondary N) is 1. The van der Waals surface area contributed by atoms with Crippen molar-refractivity contribution < 1.29 is 9.90 Å². The van der Waals surface area contributed by atoms with Gasteiger partial charge in [-0.25, -0.2) is 4.79 Å². The zero-order chi connectivity index (χ0) is 17.4. The summed E-state index contributed by atoms with van der Waals surface area (Å²) in [7, 11) is 0. The molecule has 3 saturated heterocycles. The fourth-order valence-electron chi connectivity index (χ4n) is 4.48. The topological polar surface area (TPSA) is 59.1 Å². The lowest BCUT2D eigenvalue weighted by Crippen LogP contribution is -2.40. The lowest BCUT2D eigenvalue weighted by molar-refractivity contribution is 0.198. The van der Waals surface area contributed by atoms with Gasteiger partial charge in [0.2, 0.25) is 0 Å². The fraction of sp³-hybridized carbons (Fsp3) is 0.632. The number of urea groups is 1. The van der Waals surface area contributed by atoms with Crippen molar-refractivity contribution in [2.24, 2.45) is 11.8 Å². The van der Waals surface area contributed by atoms with E-state index in [2.05, 4.69) is 39.4 Å². The summed E-state index contributed by atoms with van der Waals surface area (Å²) >= 11 is 0. The van der Waals surface area contributed by atoms with E-state index in [-0.39, 0.29) is 12.1 Å². The molecule has 6 heteroatoms. The minimum absolute atomic E-state index is 0.0839. The molecule has 0 spiro atoms. The molecule has 2 N–H and O–H groups in total. The lowest BCUT2D eigenvalue weighted by atomic mass is 10.0. The molecule has 0 radical (unpaired) electrons. The van der Waals surface area contributed by atoms with Crippen molar-refractivity contribution in [1.29, 1.82) is 0 Å². The number of benzene rings is 1. The second kappa shape index (κ2) is 6.75. The molecule has 3 heterocycles. The number of fused-ring (bicyclic) bond motifs is 1. The summed E-state index contributed by atoms with van der Waals surface area (Å²) in [6.07, 6.45) is 0.671. The van der Waals surface area contributed by atoms with Crippen LogP contribution in [0.5, 0.6) is 0 Å². The largest absolute Gasteiger partial charge is 0.391 e. The van der Waals surface area contributed by atoms with Crippen LogP contribution in [0.15, 0.2) is 24.3 Å². The molecule has 6 nitrogen and oxygen atoms in total. The molecule has 3 aliphatic heterocycles. The molecule has 2 amide bonds. The zero-order valence-electron chi connectivity index (χ0n) is 14.9. The first-order chi connectivity index (χ1) is 12.1. The molecule has 25 heavy (non-hydrogen) atoms. The summed E-state index contributed by atoms with van der Waals surface area (Å²) in [5.41, 5.74) is 2.46. The van der Waals surface area contributed by atoms with Crippen LogP contribution in [-0.2, 0) is 0 Å². The SMILES string of the molecule is CCNC(=O)N1C[C@@H]2CN(c3ccc(N4CC[C@@H](O)C4)cc3)C[C@@H]2C1. The molecular weight excluding hydrogens is 316 g/mol. The summed E-state index contributed by atoms with van der Waals surface area (Å²) < 4.78 is 0. The van der Waals surface area contributed by atoms with Crippen molar-refractivity contribution in [3.05, 3.63) is 24.3 Å². The third-order valence-corrected chi connectivity index (χ3v) is 5.84. The van der Waals surface area contributed by atoms with Crippen LogP contribution in [0.1, 0.15) is 13.3 Å². The Labute approximate surface area is 149 Å². The van der Waals surface area contributed by atoms with Crippen LogP contribution >= 0.6 is 0 Å². The number of β-amino-alcohol motifs (C(OH)–C–C–N with tert-alkyl or cyclic N) is 1. The first-order valence-electron chi connectivity index (χ1n) is 9.45. The number of likely N-dealkylation sites (tertiary alicyclic amines) is 1. The van der Waals surface area contributed by atoms with E-state index in [0.29, 0.717) is 18.4 Å². The number of hydrogen-bond acceptors (Lipinski definition) is 4. The second-order valence-electron chi connectivity index (χ2n) is 7.57. The maximum atomic E-state index is 12.0. The highest BCUT2D eigenvalue weighted by Gasteiger charge is 2.41. The molecule has 0 unspecified atom stereocenters. The highest BCUT2D eigenvalue weighted by Crippen LogP contribution is 2.34. The molecule has 0 bridgehead atoms. The Morgan fingerprint density at radius 3 is 2.16 bits per heavy atom. The third kappa shape index (κ3) is 3.27. The number of aliphatic hydroxyl groups is 1. The standard InChI is InChI=1S/C19H28N4O2/c1-2-20-19(25)23-11-14-9-22(10-15(14)12-23)17-5-3-16(4-6-17)21-8-7-18(24)13-21/h3-6,14-15,18,24H,2,7-13H2,1H3,(H,20,25)/t14-,15+,18-/m1/s1. The van der Waals surface area contributed by atoms with Crippen molar-refractivity contribution >= 4 is 17.4 Å². The molecule has 0 saturated carbocycles. The Morgan fingerprint density at radius 2 is 1.64 bits per heavy atom. The molecule has 1 aromatic rings. The van der Waals surface area contributed by atoms with E-state index in [1.165, 1.54) is 11.4 Å². The van der Waals surface area contributed by atoms with Gasteiger partial charge < -0.3 is 25.1 Å². The first-order valence-corrected chi connectivity index (χ1v) is 9.45. The number of anilines is 2. The number of nitrogens with zero attached hydrogens (tertiary/aromatic N) is 3. The monoisotopic (exact) mass is 344 g/mol. The first kappa shape index (κ1) is 16.5. The zero-order valence-corrected chi connectivity index (χ0v) is 14.9. The van der Waals surface area contributed by atoms with Crippen LogP contribution < -0.4 is 15.1 Å². The second-order valence-corrected chi connectivity index (χ2v) is 7.57. The Balaban J connectivity index is 1.35. The summed E-state index contributed by atoms with van der Waals surface area (Å²) in [5, 5.41) is 12.6. The Bertz CT molecular complexity index is 606. The van der Waals surface area contributed by atoms with Gasteiger partial charge in [0.15, 0.2) is 0 Å². The number of aliphatic hydroxyl groups excluding tert-OH is 1. The summed E-state index contributed by atoms with van der Waals surface area (Å²) in [6.45, 7) is 8.13. The fourth-order valence-corrected chi connectivity index (χ4v) is 4.48. The van der Waals surface area contributed by atoms with Gasteiger partial charge in [-0.2, -0.15) is 0 Å². The van der Waals surface area contributed by atoms with Crippen LogP contribution in [0.25, 0.3) is 0 Å². The van der Waals surface area contributed by atoms with Gasteiger partial charge in [0, 0.05) is 69.0 Å². The van der Waals surface area contributed by atoms with Gasteiger partial charge in [-0.15, -0.1) is 0 Å². The van der Waals surface area contributed by atoms with Crippen molar-refractivity contribution in [3.63, 3.8) is 0 Å². The quantitative estimate of drug-likeness (QED) is 0.869. The van der Waals surface area contributed by atoms with Crippen LogP contribution in [0, 0.1) is 11.8 Å². The van der Waals surface area contributed by atoms with Gasteiger partial charge >= 0.3 is 6.03 Å². The van der Waals surface area contributed by atoms with Gasteiger partial charge in [-0.1, -0.05) is 0 Å². The molecule has 136 valence electrons. The van der Waals surface area contributed by atoms with E-state index in [0.717, 1.165) is 45.7 Å². The van der Waals surface area contributed by atoms with Gasteiger partial charge in [0.25, 0.3) is 0 Å². The Kier molecular flexibility index (Phi) is 4.46. The van der Waals surface area contributed by atoms with E-state index >= 15 is 0 Å². The number of carbonyl (C=O) groups excluding carboxylic acids is 1. The molecule has 1 aromatic carbocycles.